The number of hydrogen-bond acceptors (Lipinski definition) is 4. The van der Waals surface area contributed by atoms with Crippen molar-refractivity contribution in [3.05, 3.63) is 24.4 Å². The summed E-state index contributed by atoms with van der Waals surface area (Å²) in [5.41, 5.74) is 0.386. The van der Waals surface area contributed by atoms with E-state index in [-0.39, 0.29) is 18.7 Å². The molecule has 2 heterocycles. The molecule has 0 aromatic rings. The van der Waals surface area contributed by atoms with Crippen molar-refractivity contribution in [1.82, 2.24) is 10.2 Å². The Balaban J connectivity index is 2.16. The Morgan fingerprint density at radius 2 is 2.35 bits per heavy atom. The maximum absolute atomic E-state index is 11.7. The highest BCUT2D eigenvalue weighted by Gasteiger charge is 2.42. The summed E-state index contributed by atoms with van der Waals surface area (Å²) in [5, 5.41) is 21.6. The number of urea groups is 1. The third kappa shape index (κ3) is 2.06. The largest absolute Gasteiger partial charge is 0.393 e. The zero-order valence-corrected chi connectivity index (χ0v) is 9.54. The van der Waals surface area contributed by atoms with Gasteiger partial charge in [0.15, 0.2) is 6.23 Å². The van der Waals surface area contributed by atoms with E-state index in [9.17, 15) is 9.90 Å². The molecular formula is C11H16N2O4. The number of aliphatic hydroxyl groups is 2. The number of amides is 2. The zero-order valence-electron chi connectivity index (χ0n) is 9.54. The molecule has 1 saturated heterocycles. The van der Waals surface area contributed by atoms with Gasteiger partial charge < -0.3 is 20.3 Å². The average Bonchev–Trinajstić information content (AvgIpc) is 2.57. The Hall–Kier alpha value is -1.37. The van der Waals surface area contributed by atoms with Crippen LogP contribution in [0.3, 0.4) is 0 Å². The summed E-state index contributed by atoms with van der Waals surface area (Å²) in [7, 11) is 0. The number of ether oxygens (including phenoxy) is 1. The Kier molecular flexibility index (Phi) is 3.19. The Morgan fingerprint density at radius 1 is 1.65 bits per heavy atom. The molecule has 3 unspecified atom stereocenters. The van der Waals surface area contributed by atoms with E-state index >= 15 is 0 Å². The number of nitrogens with one attached hydrogen (secondary N) is 1. The molecule has 6 heteroatoms. The van der Waals surface area contributed by atoms with E-state index in [4.69, 9.17) is 9.84 Å². The number of hydrogen-bond donors (Lipinski definition) is 3. The van der Waals surface area contributed by atoms with Gasteiger partial charge in [-0.25, -0.2) is 4.79 Å². The zero-order chi connectivity index (χ0) is 12.6. The van der Waals surface area contributed by atoms with Crippen LogP contribution in [0.5, 0.6) is 0 Å². The fraction of sp³-hybridized carbons (Fsp3) is 0.545. The van der Waals surface area contributed by atoms with Crippen molar-refractivity contribution in [3.63, 3.8) is 0 Å². The van der Waals surface area contributed by atoms with Gasteiger partial charge in [0.2, 0.25) is 0 Å². The lowest BCUT2D eigenvalue weighted by Crippen LogP contribution is -2.51. The lowest BCUT2D eigenvalue weighted by atomic mass is 10.1. The van der Waals surface area contributed by atoms with Crippen LogP contribution < -0.4 is 5.32 Å². The molecule has 0 bridgehead atoms. The van der Waals surface area contributed by atoms with Crippen LogP contribution in [0, 0.1) is 0 Å². The molecule has 2 amide bonds. The van der Waals surface area contributed by atoms with Crippen molar-refractivity contribution in [1.29, 1.82) is 0 Å². The summed E-state index contributed by atoms with van der Waals surface area (Å²) < 4.78 is 5.39. The normalized spacial score (nSPS) is 37.5. The molecule has 94 valence electrons. The second-order valence-corrected chi connectivity index (χ2v) is 4.20. The Morgan fingerprint density at radius 3 is 2.88 bits per heavy atom. The van der Waals surface area contributed by atoms with Gasteiger partial charge in [-0.1, -0.05) is 6.58 Å². The fourth-order valence-corrected chi connectivity index (χ4v) is 1.89. The lowest BCUT2D eigenvalue weighted by Gasteiger charge is -2.31. The lowest BCUT2D eigenvalue weighted by molar-refractivity contribution is -0.0648. The molecule has 0 radical (unpaired) electrons. The first kappa shape index (κ1) is 12.1. The highest BCUT2D eigenvalue weighted by Crippen LogP contribution is 2.28. The SMILES string of the molecule is C=C1C(CO)OC(N2C=CC(C)NC2=O)[C@H]1O. The summed E-state index contributed by atoms with van der Waals surface area (Å²) in [6.45, 7) is 5.23. The minimum atomic E-state index is -0.990. The maximum Gasteiger partial charge on any atom is 0.324 e. The quantitative estimate of drug-likeness (QED) is 0.571. The second-order valence-electron chi connectivity index (χ2n) is 4.20. The van der Waals surface area contributed by atoms with Crippen LogP contribution in [0.4, 0.5) is 4.79 Å². The summed E-state index contributed by atoms with van der Waals surface area (Å²) in [6, 6.07) is -0.385. The van der Waals surface area contributed by atoms with Gasteiger partial charge in [0.25, 0.3) is 0 Å². The molecule has 17 heavy (non-hydrogen) atoms. The molecule has 2 aliphatic heterocycles. The molecule has 4 atom stereocenters. The molecule has 1 fully saturated rings. The van der Waals surface area contributed by atoms with E-state index in [1.165, 1.54) is 4.90 Å². The predicted octanol–water partition coefficient (Wildman–Crippen LogP) is -0.452. The van der Waals surface area contributed by atoms with Crippen molar-refractivity contribution in [3.8, 4) is 0 Å². The molecule has 6 nitrogen and oxygen atoms in total. The Labute approximate surface area is 99.2 Å². The standard InChI is InChI=1S/C11H16N2O4/c1-6-3-4-13(11(16)12-6)10-9(15)7(2)8(5-14)17-10/h3-4,6,8-10,14-15H,2,5H2,1H3,(H,12,16)/t6?,8?,9-,10?/m0/s1. The minimum Gasteiger partial charge on any atom is -0.393 e. The van der Waals surface area contributed by atoms with Gasteiger partial charge in [-0.2, -0.15) is 0 Å². The molecule has 3 N–H and O–H groups in total. The van der Waals surface area contributed by atoms with Crippen molar-refractivity contribution in [2.24, 2.45) is 0 Å². The van der Waals surface area contributed by atoms with Crippen molar-refractivity contribution in [2.45, 2.75) is 31.4 Å². The van der Waals surface area contributed by atoms with Crippen LogP contribution in [0.2, 0.25) is 0 Å². The van der Waals surface area contributed by atoms with Gasteiger partial charge in [-0.05, 0) is 18.6 Å². The first-order valence-electron chi connectivity index (χ1n) is 5.45. The highest BCUT2D eigenvalue weighted by molar-refractivity contribution is 5.77. The molecular weight excluding hydrogens is 224 g/mol. The highest BCUT2D eigenvalue weighted by atomic mass is 16.5. The van der Waals surface area contributed by atoms with Gasteiger partial charge in [0.05, 0.1) is 6.61 Å². The molecule has 0 spiro atoms. The van der Waals surface area contributed by atoms with Gasteiger partial charge >= 0.3 is 6.03 Å². The van der Waals surface area contributed by atoms with Crippen molar-refractivity contribution < 1.29 is 19.7 Å². The molecule has 0 aromatic carbocycles. The van der Waals surface area contributed by atoms with E-state index < -0.39 is 18.4 Å². The second kappa shape index (κ2) is 4.48. The molecule has 2 aliphatic rings. The van der Waals surface area contributed by atoms with Crippen molar-refractivity contribution in [2.75, 3.05) is 6.61 Å². The summed E-state index contributed by atoms with van der Waals surface area (Å²) >= 11 is 0. The molecule has 0 aromatic heterocycles. The fourth-order valence-electron chi connectivity index (χ4n) is 1.89. The van der Waals surface area contributed by atoms with Crippen LogP contribution in [0.15, 0.2) is 24.4 Å². The predicted molar refractivity (Wildman–Crippen MR) is 59.9 cm³/mol. The molecule has 0 aliphatic carbocycles. The van der Waals surface area contributed by atoms with E-state index in [0.29, 0.717) is 5.57 Å². The number of carbonyl (C=O) groups excluding carboxylic acids is 1. The Bertz CT molecular complexity index is 368. The van der Waals surface area contributed by atoms with Crippen LogP contribution in [-0.2, 0) is 4.74 Å². The van der Waals surface area contributed by atoms with Gasteiger partial charge in [-0.3, -0.25) is 4.90 Å². The number of nitrogens with zero attached hydrogens (tertiary/aromatic N) is 1. The number of carbonyl (C=O) groups is 1. The smallest absolute Gasteiger partial charge is 0.324 e. The first-order valence-corrected chi connectivity index (χ1v) is 5.45. The van der Waals surface area contributed by atoms with E-state index in [1.54, 1.807) is 12.3 Å². The van der Waals surface area contributed by atoms with Crippen LogP contribution >= 0.6 is 0 Å². The third-order valence-electron chi connectivity index (χ3n) is 2.93. The van der Waals surface area contributed by atoms with Crippen LogP contribution in [0.25, 0.3) is 0 Å². The van der Waals surface area contributed by atoms with Gasteiger partial charge in [0.1, 0.15) is 12.2 Å². The van der Waals surface area contributed by atoms with E-state index in [0.717, 1.165) is 0 Å². The topological polar surface area (TPSA) is 82.0 Å². The number of aliphatic hydroxyl groups excluding tert-OH is 2. The maximum atomic E-state index is 11.7. The number of rotatable bonds is 2. The monoisotopic (exact) mass is 240 g/mol. The van der Waals surface area contributed by atoms with Gasteiger partial charge in [0, 0.05) is 12.2 Å². The van der Waals surface area contributed by atoms with Crippen molar-refractivity contribution >= 4 is 6.03 Å². The average molecular weight is 240 g/mol. The summed E-state index contributed by atoms with van der Waals surface area (Å²) in [6.07, 6.45) is 0.909. The van der Waals surface area contributed by atoms with E-state index in [2.05, 4.69) is 11.9 Å². The summed E-state index contributed by atoms with van der Waals surface area (Å²) in [4.78, 5) is 13.0. The van der Waals surface area contributed by atoms with Crippen LogP contribution in [-0.4, -0.2) is 52.2 Å². The van der Waals surface area contributed by atoms with Crippen LogP contribution in [0.1, 0.15) is 6.92 Å². The third-order valence-corrected chi connectivity index (χ3v) is 2.93. The van der Waals surface area contributed by atoms with Gasteiger partial charge in [-0.15, -0.1) is 0 Å². The molecule has 2 rings (SSSR count). The summed E-state index contributed by atoms with van der Waals surface area (Å²) in [5.74, 6) is 0. The first-order chi connectivity index (χ1) is 8.04. The minimum absolute atomic E-state index is 0.0471. The van der Waals surface area contributed by atoms with E-state index in [1.807, 2.05) is 6.92 Å². The molecule has 0 saturated carbocycles.